The summed E-state index contributed by atoms with van der Waals surface area (Å²) in [5.74, 6) is -0.0615. The smallest absolute Gasteiger partial charge is 0.431 e. The van der Waals surface area contributed by atoms with Crippen LogP contribution in [0, 0.1) is 6.92 Å². The van der Waals surface area contributed by atoms with Crippen molar-refractivity contribution in [1.82, 2.24) is 13.5 Å². The molecule has 0 aliphatic rings. The molecule has 0 saturated heterocycles. The van der Waals surface area contributed by atoms with Gasteiger partial charge in [-0.2, -0.15) is 17.5 Å². The third-order valence-electron chi connectivity index (χ3n) is 5.62. The van der Waals surface area contributed by atoms with Crippen molar-refractivity contribution in [3.05, 3.63) is 74.6 Å². The molecule has 0 aliphatic heterocycles. The minimum absolute atomic E-state index is 0.118. The lowest BCUT2D eigenvalue weighted by atomic mass is 10.0. The first-order valence-electron chi connectivity index (χ1n) is 10.6. The van der Waals surface area contributed by atoms with Crippen LogP contribution in [0.15, 0.2) is 52.1 Å². The van der Waals surface area contributed by atoms with Crippen LogP contribution in [0.25, 0.3) is 27.0 Å². The van der Waals surface area contributed by atoms with E-state index in [0.717, 1.165) is 22.9 Å². The SMILES string of the molecule is COC(=O)C(C)Oc1ccc(-c2nsc3ccc(-n4c(=O)cc(C(F)(F)F)n(C)c4=O)cc23)c(C)c1. The average Bonchev–Trinajstić information content (AvgIpc) is 3.23. The van der Waals surface area contributed by atoms with Crippen molar-refractivity contribution in [2.75, 3.05) is 7.11 Å². The standard InChI is InChI=1S/C24H20F3N3O5S/c1-12-9-15(35-13(2)22(32)34-4)6-7-16(12)21-17-10-14(5-8-18(17)36-28-21)30-20(31)11-19(24(25,26)27)29(3)23(30)33/h5-11,13H,1-4H3. The number of hydrogen-bond donors (Lipinski definition) is 0. The number of carbonyl (C=O) groups is 1. The number of hydrogen-bond acceptors (Lipinski definition) is 7. The maximum atomic E-state index is 13.2. The average molecular weight is 520 g/mol. The molecule has 2 aromatic heterocycles. The number of rotatable bonds is 5. The molecule has 0 aliphatic carbocycles. The Hall–Kier alpha value is -3.93. The predicted molar refractivity (Wildman–Crippen MR) is 128 cm³/mol. The van der Waals surface area contributed by atoms with Gasteiger partial charge < -0.3 is 9.47 Å². The maximum absolute atomic E-state index is 13.2. The monoisotopic (exact) mass is 519 g/mol. The first-order chi connectivity index (χ1) is 16.9. The molecule has 0 N–H and O–H groups in total. The third kappa shape index (κ3) is 4.51. The van der Waals surface area contributed by atoms with E-state index in [2.05, 4.69) is 9.11 Å². The number of aryl methyl sites for hydroxylation is 1. The van der Waals surface area contributed by atoms with Crippen molar-refractivity contribution < 1.29 is 27.4 Å². The normalized spacial score (nSPS) is 12.5. The van der Waals surface area contributed by atoms with Gasteiger partial charge in [0.15, 0.2) is 6.10 Å². The number of aromatic nitrogens is 3. The van der Waals surface area contributed by atoms with Gasteiger partial charge in [0, 0.05) is 24.1 Å². The van der Waals surface area contributed by atoms with Gasteiger partial charge in [0.2, 0.25) is 0 Å². The second-order valence-corrected chi connectivity index (χ2v) is 8.82. The highest BCUT2D eigenvalue weighted by Crippen LogP contribution is 2.35. The molecule has 188 valence electrons. The second-order valence-electron chi connectivity index (χ2n) is 8.01. The fourth-order valence-electron chi connectivity index (χ4n) is 3.79. The predicted octanol–water partition coefficient (Wildman–Crippen LogP) is 4.08. The molecule has 1 unspecified atom stereocenters. The van der Waals surface area contributed by atoms with Crippen molar-refractivity contribution in [2.24, 2.45) is 7.05 Å². The highest BCUT2D eigenvalue weighted by atomic mass is 32.1. The molecule has 4 rings (SSSR count). The Kier molecular flexibility index (Phi) is 6.48. The van der Waals surface area contributed by atoms with Gasteiger partial charge in [0.05, 0.1) is 23.2 Å². The van der Waals surface area contributed by atoms with Crippen LogP contribution < -0.4 is 16.0 Å². The van der Waals surface area contributed by atoms with Gasteiger partial charge in [0.1, 0.15) is 11.4 Å². The first-order valence-corrected chi connectivity index (χ1v) is 11.3. The van der Waals surface area contributed by atoms with Crippen LogP contribution in [0.2, 0.25) is 0 Å². The molecule has 0 saturated carbocycles. The summed E-state index contributed by atoms with van der Waals surface area (Å²) in [6, 6.07) is 10.3. The lowest BCUT2D eigenvalue weighted by molar-refractivity contribution is -0.148. The molecule has 36 heavy (non-hydrogen) atoms. The number of fused-ring (bicyclic) bond motifs is 1. The Morgan fingerprint density at radius 1 is 1.11 bits per heavy atom. The van der Waals surface area contributed by atoms with Crippen molar-refractivity contribution in [1.29, 1.82) is 0 Å². The van der Waals surface area contributed by atoms with E-state index >= 15 is 0 Å². The minimum Gasteiger partial charge on any atom is -0.479 e. The summed E-state index contributed by atoms with van der Waals surface area (Å²) >= 11 is 1.20. The third-order valence-corrected chi connectivity index (χ3v) is 6.45. The van der Waals surface area contributed by atoms with Gasteiger partial charge in [-0.1, -0.05) is 0 Å². The molecule has 0 radical (unpaired) electrons. The molecule has 0 bridgehead atoms. The number of halogens is 3. The fraction of sp³-hybridized carbons (Fsp3) is 0.250. The maximum Gasteiger partial charge on any atom is 0.431 e. The van der Waals surface area contributed by atoms with Crippen LogP contribution >= 0.6 is 11.5 Å². The van der Waals surface area contributed by atoms with Crippen molar-refractivity contribution in [3.63, 3.8) is 0 Å². The molecule has 12 heteroatoms. The van der Waals surface area contributed by atoms with E-state index in [9.17, 15) is 27.6 Å². The zero-order valence-corrected chi connectivity index (χ0v) is 20.4. The summed E-state index contributed by atoms with van der Waals surface area (Å²) < 4.78 is 56.2. The van der Waals surface area contributed by atoms with Gasteiger partial charge in [-0.15, -0.1) is 0 Å². The van der Waals surface area contributed by atoms with E-state index in [4.69, 9.17) is 4.74 Å². The Bertz CT molecular complexity index is 1600. The van der Waals surface area contributed by atoms with Gasteiger partial charge in [-0.3, -0.25) is 9.36 Å². The molecule has 2 aromatic carbocycles. The van der Waals surface area contributed by atoms with E-state index in [-0.39, 0.29) is 5.69 Å². The number of nitrogens with zero attached hydrogens (tertiary/aromatic N) is 3. The number of alkyl halides is 3. The van der Waals surface area contributed by atoms with Crippen LogP contribution in [0.4, 0.5) is 13.2 Å². The van der Waals surface area contributed by atoms with Gasteiger partial charge in [0.25, 0.3) is 5.56 Å². The number of benzene rings is 2. The van der Waals surface area contributed by atoms with Crippen LogP contribution in [-0.2, 0) is 22.8 Å². The number of methoxy groups -OCH3 is 1. The van der Waals surface area contributed by atoms with Crippen molar-refractivity contribution in [3.8, 4) is 22.7 Å². The molecule has 8 nitrogen and oxygen atoms in total. The molecule has 0 amide bonds. The molecule has 0 spiro atoms. The van der Waals surface area contributed by atoms with E-state index in [1.807, 2.05) is 6.92 Å². The number of ether oxygens (including phenoxy) is 2. The van der Waals surface area contributed by atoms with Crippen LogP contribution in [-0.4, -0.2) is 32.7 Å². The summed E-state index contributed by atoms with van der Waals surface area (Å²) in [6.07, 6.45) is -5.64. The molecular weight excluding hydrogens is 499 g/mol. The largest absolute Gasteiger partial charge is 0.479 e. The lowest BCUT2D eigenvalue weighted by Crippen LogP contribution is -2.40. The lowest BCUT2D eigenvalue weighted by Gasteiger charge is -2.14. The van der Waals surface area contributed by atoms with Crippen LogP contribution in [0.5, 0.6) is 5.75 Å². The first kappa shape index (κ1) is 25.2. The quantitative estimate of drug-likeness (QED) is 0.369. The van der Waals surface area contributed by atoms with E-state index in [1.165, 1.54) is 24.7 Å². The second kappa shape index (κ2) is 9.26. The zero-order valence-electron chi connectivity index (χ0n) is 19.5. The summed E-state index contributed by atoms with van der Waals surface area (Å²) in [4.78, 5) is 36.9. The summed E-state index contributed by atoms with van der Waals surface area (Å²) in [5.41, 5.74) is -1.32. The van der Waals surface area contributed by atoms with Gasteiger partial charge in [-0.25, -0.2) is 14.2 Å². The molecular formula is C24H20F3N3O5S. The Labute approximate surface area is 206 Å². The van der Waals surface area contributed by atoms with Crippen LogP contribution in [0.1, 0.15) is 18.2 Å². The highest BCUT2D eigenvalue weighted by molar-refractivity contribution is 7.13. The topological polar surface area (TPSA) is 92.4 Å². The Morgan fingerprint density at radius 2 is 1.83 bits per heavy atom. The highest BCUT2D eigenvalue weighted by Gasteiger charge is 2.35. The summed E-state index contributed by atoms with van der Waals surface area (Å²) in [6.45, 7) is 3.40. The fourth-order valence-corrected chi connectivity index (χ4v) is 4.56. The molecule has 1 atom stereocenters. The molecule has 0 fully saturated rings. The summed E-state index contributed by atoms with van der Waals surface area (Å²) in [7, 11) is 2.23. The van der Waals surface area contributed by atoms with Crippen molar-refractivity contribution >= 4 is 27.6 Å². The van der Waals surface area contributed by atoms with E-state index in [1.54, 1.807) is 37.3 Å². The van der Waals surface area contributed by atoms with Crippen molar-refractivity contribution in [2.45, 2.75) is 26.1 Å². The van der Waals surface area contributed by atoms with Gasteiger partial charge in [-0.05, 0) is 67.3 Å². The van der Waals surface area contributed by atoms with E-state index in [0.29, 0.717) is 32.0 Å². The molecule has 4 aromatic rings. The van der Waals surface area contributed by atoms with Crippen LogP contribution in [0.3, 0.4) is 0 Å². The minimum atomic E-state index is -4.84. The zero-order chi connectivity index (χ0) is 26.4. The molecule has 2 heterocycles. The number of carbonyl (C=O) groups excluding carboxylic acids is 1. The summed E-state index contributed by atoms with van der Waals surface area (Å²) in [5, 5.41) is 0.617. The van der Waals surface area contributed by atoms with Gasteiger partial charge >= 0.3 is 17.8 Å². The van der Waals surface area contributed by atoms with E-state index < -0.39 is 35.2 Å². The number of esters is 1. The Balaban J connectivity index is 1.79. The Morgan fingerprint density at radius 3 is 2.47 bits per heavy atom.